The van der Waals surface area contributed by atoms with Crippen LogP contribution in [0.2, 0.25) is 0 Å². The van der Waals surface area contributed by atoms with E-state index in [2.05, 4.69) is 26.3 Å². The normalized spacial score (nSPS) is 12.6. The first-order chi connectivity index (χ1) is 12.3. The lowest BCUT2D eigenvalue weighted by Gasteiger charge is -2.17. The van der Waals surface area contributed by atoms with Crippen LogP contribution in [-0.4, -0.2) is 13.2 Å². The quantitative estimate of drug-likeness (QED) is 0.167. The Kier molecular flexibility index (Phi) is 21.9. The van der Waals surface area contributed by atoms with Crippen molar-refractivity contribution in [2.75, 3.05) is 13.2 Å². The summed E-state index contributed by atoms with van der Waals surface area (Å²) in [6, 6.07) is 0. The predicted molar refractivity (Wildman–Crippen MR) is 113 cm³/mol. The van der Waals surface area contributed by atoms with Crippen LogP contribution in [0.1, 0.15) is 130 Å². The van der Waals surface area contributed by atoms with Gasteiger partial charge in [-0.3, -0.25) is 0 Å². The molecule has 0 aromatic rings. The van der Waals surface area contributed by atoms with E-state index in [1.54, 1.807) is 0 Å². The molecule has 0 saturated heterocycles. The Morgan fingerprint density at radius 3 is 1.44 bits per heavy atom. The van der Waals surface area contributed by atoms with Gasteiger partial charge in [0.25, 0.3) is 0 Å². The molecule has 1 N–H and O–H groups in total. The van der Waals surface area contributed by atoms with Crippen LogP contribution in [0.3, 0.4) is 0 Å². The van der Waals surface area contributed by atoms with Gasteiger partial charge in [0.15, 0.2) is 0 Å². The molecule has 0 bridgehead atoms. The Morgan fingerprint density at radius 1 is 0.560 bits per heavy atom. The minimum atomic E-state index is 0.760. The van der Waals surface area contributed by atoms with Crippen LogP contribution in [0.15, 0.2) is 0 Å². The van der Waals surface area contributed by atoms with Crippen LogP contribution >= 0.6 is 0 Å². The fraction of sp³-hybridized carbons (Fsp3) is 1.00. The lowest BCUT2D eigenvalue weighted by Crippen LogP contribution is -2.21. The summed E-state index contributed by atoms with van der Waals surface area (Å²) in [4.78, 5) is 5.70. The maximum atomic E-state index is 5.70. The molecule has 0 heterocycles. The van der Waals surface area contributed by atoms with Crippen LogP contribution in [0.5, 0.6) is 0 Å². The molecule has 2 heteroatoms. The van der Waals surface area contributed by atoms with E-state index in [9.17, 15) is 0 Å². The van der Waals surface area contributed by atoms with Crippen LogP contribution in [0, 0.1) is 5.92 Å². The molecule has 152 valence electrons. The minimum Gasteiger partial charge on any atom is -0.302 e. The van der Waals surface area contributed by atoms with Crippen molar-refractivity contribution in [1.82, 2.24) is 5.48 Å². The monoisotopic (exact) mass is 355 g/mol. The summed E-state index contributed by atoms with van der Waals surface area (Å²) in [5.41, 5.74) is 3.11. The van der Waals surface area contributed by atoms with Gasteiger partial charge in [0.2, 0.25) is 0 Å². The van der Waals surface area contributed by atoms with Crippen LogP contribution < -0.4 is 5.48 Å². The van der Waals surface area contributed by atoms with Crippen molar-refractivity contribution in [3.05, 3.63) is 0 Å². The topological polar surface area (TPSA) is 21.3 Å². The first kappa shape index (κ1) is 24.9. The van der Waals surface area contributed by atoms with Crippen molar-refractivity contribution in [2.45, 2.75) is 130 Å². The second-order valence-corrected chi connectivity index (χ2v) is 7.89. The molecule has 0 aliphatic heterocycles. The number of rotatable bonds is 21. The maximum Gasteiger partial charge on any atom is 0.0710 e. The molecule has 25 heavy (non-hydrogen) atoms. The number of nitrogens with one attached hydrogen (secondary N) is 1. The van der Waals surface area contributed by atoms with Crippen molar-refractivity contribution in [3.63, 3.8) is 0 Å². The number of hydrogen-bond acceptors (Lipinski definition) is 2. The number of hydroxylamine groups is 1. The van der Waals surface area contributed by atoms with Crippen molar-refractivity contribution in [1.29, 1.82) is 0 Å². The first-order valence-electron chi connectivity index (χ1n) is 11.7. The molecule has 0 radical (unpaired) electrons. The van der Waals surface area contributed by atoms with E-state index in [1.807, 2.05) is 0 Å². The molecular formula is C23H49NO. The Balaban J connectivity index is 3.69. The zero-order valence-corrected chi connectivity index (χ0v) is 17.9. The van der Waals surface area contributed by atoms with Gasteiger partial charge in [0.1, 0.15) is 0 Å². The summed E-state index contributed by atoms with van der Waals surface area (Å²) in [6.07, 6.45) is 23.6. The van der Waals surface area contributed by atoms with Gasteiger partial charge in [-0.2, -0.15) is 0 Å². The highest BCUT2D eigenvalue weighted by molar-refractivity contribution is 4.60. The second-order valence-electron chi connectivity index (χ2n) is 7.89. The van der Waals surface area contributed by atoms with Gasteiger partial charge < -0.3 is 4.84 Å². The molecule has 0 aromatic heterocycles. The van der Waals surface area contributed by atoms with Gasteiger partial charge in [0, 0.05) is 6.54 Å². The van der Waals surface area contributed by atoms with Gasteiger partial charge in [-0.15, -0.1) is 0 Å². The van der Waals surface area contributed by atoms with Gasteiger partial charge in [-0.1, -0.05) is 111 Å². The minimum absolute atomic E-state index is 0.760. The molecule has 1 unspecified atom stereocenters. The lowest BCUT2D eigenvalue weighted by molar-refractivity contribution is 0.0126. The number of unbranched alkanes of at least 4 members (excludes halogenated alkanes) is 12. The third kappa shape index (κ3) is 20.1. The van der Waals surface area contributed by atoms with E-state index in [1.165, 1.54) is 103 Å². The largest absolute Gasteiger partial charge is 0.302 e. The SMILES string of the molecule is CCCCCCCCCCC(CCCCCCCC)CONCCC. The standard InChI is InChI=1S/C23H49NO/c1-4-7-9-11-13-14-16-18-20-23(22-25-24-21-6-3)19-17-15-12-10-8-5-2/h23-24H,4-22H2,1-3H3. The van der Waals surface area contributed by atoms with Gasteiger partial charge >= 0.3 is 0 Å². The van der Waals surface area contributed by atoms with Gasteiger partial charge in [0.05, 0.1) is 6.61 Å². The maximum absolute atomic E-state index is 5.70. The molecule has 0 amide bonds. The summed E-state index contributed by atoms with van der Waals surface area (Å²) >= 11 is 0. The summed E-state index contributed by atoms with van der Waals surface area (Å²) < 4.78 is 0. The molecule has 0 spiro atoms. The Bertz CT molecular complexity index is 232. The number of hydrogen-bond donors (Lipinski definition) is 1. The molecule has 0 rings (SSSR count). The molecule has 2 nitrogen and oxygen atoms in total. The second kappa shape index (κ2) is 22.0. The molecule has 0 aliphatic carbocycles. The summed E-state index contributed by atoms with van der Waals surface area (Å²) in [7, 11) is 0. The average Bonchev–Trinajstić information content (AvgIpc) is 2.63. The predicted octanol–water partition coefficient (Wildman–Crippen LogP) is 7.82. The van der Waals surface area contributed by atoms with E-state index in [0.29, 0.717) is 0 Å². The molecule has 0 saturated carbocycles. The van der Waals surface area contributed by atoms with E-state index in [4.69, 9.17) is 4.84 Å². The van der Waals surface area contributed by atoms with Gasteiger partial charge in [-0.05, 0) is 25.2 Å². The summed E-state index contributed by atoms with van der Waals surface area (Å²) in [5, 5.41) is 0. The fourth-order valence-electron chi connectivity index (χ4n) is 3.44. The first-order valence-corrected chi connectivity index (χ1v) is 11.7. The fourth-order valence-corrected chi connectivity index (χ4v) is 3.44. The molecule has 0 fully saturated rings. The Hall–Kier alpha value is -0.0800. The van der Waals surface area contributed by atoms with Crippen LogP contribution in [-0.2, 0) is 4.84 Å². The molecular weight excluding hydrogens is 306 g/mol. The molecule has 1 atom stereocenters. The van der Waals surface area contributed by atoms with E-state index in [-0.39, 0.29) is 0 Å². The van der Waals surface area contributed by atoms with Crippen molar-refractivity contribution < 1.29 is 4.84 Å². The molecule has 0 aromatic carbocycles. The molecule has 0 aliphatic rings. The van der Waals surface area contributed by atoms with E-state index in [0.717, 1.165) is 25.5 Å². The third-order valence-electron chi connectivity index (χ3n) is 5.21. The Morgan fingerprint density at radius 2 is 1.00 bits per heavy atom. The average molecular weight is 356 g/mol. The summed E-state index contributed by atoms with van der Waals surface area (Å²) in [6.45, 7) is 8.65. The smallest absolute Gasteiger partial charge is 0.0710 e. The lowest BCUT2D eigenvalue weighted by atomic mass is 9.95. The summed E-state index contributed by atoms with van der Waals surface area (Å²) in [5.74, 6) is 0.760. The van der Waals surface area contributed by atoms with Crippen LogP contribution in [0.25, 0.3) is 0 Å². The van der Waals surface area contributed by atoms with E-state index >= 15 is 0 Å². The van der Waals surface area contributed by atoms with Crippen LogP contribution in [0.4, 0.5) is 0 Å². The van der Waals surface area contributed by atoms with Crippen molar-refractivity contribution in [3.8, 4) is 0 Å². The van der Waals surface area contributed by atoms with Crippen molar-refractivity contribution >= 4 is 0 Å². The van der Waals surface area contributed by atoms with Crippen molar-refractivity contribution in [2.24, 2.45) is 5.92 Å². The zero-order chi connectivity index (χ0) is 18.4. The zero-order valence-electron chi connectivity index (χ0n) is 17.9. The highest BCUT2D eigenvalue weighted by Gasteiger charge is 2.09. The Labute approximate surface area is 159 Å². The highest BCUT2D eigenvalue weighted by atomic mass is 16.6. The van der Waals surface area contributed by atoms with E-state index < -0.39 is 0 Å². The van der Waals surface area contributed by atoms with Gasteiger partial charge in [-0.25, -0.2) is 5.48 Å². The third-order valence-corrected chi connectivity index (χ3v) is 5.21. The highest BCUT2D eigenvalue weighted by Crippen LogP contribution is 2.19.